The maximum absolute atomic E-state index is 11.0. The van der Waals surface area contributed by atoms with Gasteiger partial charge in [0, 0.05) is 12.3 Å². The molecule has 86 valence electrons. The SMILES string of the molecule is Cc1ccc(CNC(C)CS(C)(=O)=O)o1. The molecule has 0 saturated heterocycles. The van der Waals surface area contributed by atoms with Crippen LogP contribution in [0.15, 0.2) is 16.5 Å². The third-order valence-electron chi connectivity index (χ3n) is 1.97. The van der Waals surface area contributed by atoms with Crippen LogP contribution in [-0.4, -0.2) is 26.5 Å². The van der Waals surface area contributed by atoms with E-state index in [1.807, 2.05) is 26.0 Å². The molecule has 4 nitrogen and oxygen atoms in total. The minimum Gasteiger partial charge on any atom is -0.465 e. The summed E-state index contributed by atoms with van der Waals surface area (Å²) in [5.41, 5.74) is 0. The Hall–Kier alpha value is -0.810. The lowest BCUT2D eigenvalue weighted by Gasteiger charge is -2.10. The molecule has 15 heavy (non-hydrogen) atoms. The van der Waals surface area contributed by atoms with Crippen molar-refractivity contribution in [1.82, 2.24) is 5.32 Å². The summed E-state index contributed by atoms with van der Waals surface area (Å²) in [5, 5.41) is 3.10. The summed E-state index contributed by atoms with van der Waals surface area (Å²) < 4.78 is 27.3. The minimum absolute atomic E-state index is 0.0644. The zero-order valence-electron chi connectivity index (χ0n) is 9.28. The van der Waals surface area contributed by atoms with E-state index in [2.05, 4.69) is 5.32 Å². The van der Waals surface area contributed by atoms with E-state index >= 15 is 0 Å². The van der Waals surface area contributed by atoms with Crippen LogP contribution in [0.3, 0.4) is 0 Å². The topological polar surface area (TPSA) is 59.3 Å². The molecule has 1 unspecified atom stereocenters. The quantitative estimate of drug-likeness (QED) is 0.824. The molecular weight excluding hydrogens is 214 g/mol. The molecule has 0 aliphatic heterocycles. The monoisotopic (exact) mass is 231 g/mol. The van der Waals surface area contributed by atoms with Crippen LogP contribution >= 0.6 is 0 Å². The first kappa shape index (κ1) is 12.3. The summed E-state index contributed by atoms with van der Waals surface area (Å²) in [7, 11) is -2.92. The fourth-order valence-electron chi connectivity index (χ4n) is 1.37. The summed E-state index contributed by atoms with van der Waals surface area (Å²) in [5.74, 6) is 1.84. The minimum atomic E-state index is -2.92. The van der Waals surface area contributed by atoms with Gasteiger partial charge >= 0.3 is 0 Å². The third kappa shape index (κ3) is 4.99. The van der Waals surface area contributed by atoms with Crippen molar-refractivity contribution >= 4 is 9.84 Å². The van der Waals surface area contributed by atoms with Gasteiger partial charge in [-0.1, -0.05) is 0 Å². The van der Waals surface area contributed by atoms with E-state index in [1.54, 1.807) is 0 Å². The Balaban J connectivity index is 2.37. The second kappa shape index (κ2) is 4.81. The first-order valence-corrected chi connectivity index (χ1v) is 6.89. The van der Waals surface area contributed by atoms with Gasteiger partial charge in [0.1, 0.15) is 21.4 Å². The second-order valence-electron chi connectivity index (χ2n) is 3.89. The molecule has 0 fully saturated rings. The summed E-state index contributed by atoms with van der Waals surface area (Å²) in [6.07, 6.45) is 1.24. The van der Waals surface area contributed by atoms with Crippen LogP contribution < -0.4 is 5.32 Å². The van der Waals surface area contributed by atoms with Crippen LogP contribution in [0.1, 0.15) is 18.4 Å². The highest BCUT2D eigenvalue weighted by molar-refractivity contribution is 7.90. The summed E-state index contributed by atoms with van der Waals surface area (Å²) in [4.78, 5) is 0. The van der Waals surface area contributed by atoms with Crippen LogP contribution in [0, 0.1) is 6.92 Å². The van der Waals surface area contributed by atoms with Gasteiger partial charge in [0.25, 0.3) is 0 Å². The van der Waals surface area contributed by atoms with Crippen molar-refractivity contribution in [2.75, 3.05) is 12.0 Å². The van der Waals surface area contributed by atoms with Crippen LogP contribution in [0.25, 0.3) is 0 Å². The molecule has 0 radical (unpaired) electrons. The first-order chi connectivity index (χ1) is 6.87. The molecule has 1 heterocycles. The maximum Gasteiger partial charge on any atom is 0.148 e. The van der Waals surface area contributed by atoms with E-state index in [9.17, 15) is 8.42 Å². The van der Waals surface area contributed by atoms with E-state index in [4.69, 9.17) is 4.42 Å². The predicted octanol–water partition coefficient (Wildman–Crippen LogP) is 1.11. The molecule has 1 atom stereocenters. The number of furan rings is 1. The van der Waals surface area contributed by atoms with Gasteiger partial charge < -0.3 is 9.73 Å². The van der Waals surface area contributed by atoms with Crippen LogP contribution in [0.4, 0.5) is 0 Å². The lowest BCUT2D eigenvalue weighted by atomic mass is 10.3. The molecule has 0 amide bonds. The summed E-state index contributed by atoms with van der Waals surface area (Å²) in [6.45, 7) is 4.28. The van der Waals surface area contributed by atoms with Gasteiger partial charge in [-0.05, 0) is 26.0 Å². The standard InChI is InChI=1S/C10H17NO3S/c1-8(7-15(3,12)13)11-6-10-5-4-9(2)14-10/h4-5,8,11H,6-7H2,1-3H3. The lowest BCUT2D eigenvalue weighted by Crippen LogP contribution is -2.32. The van der Waals surface area contributed by atoms with Gasteiger partial charge in [0.15, 0.2) is 0 Å². The molecule has 5 heteroatoms. The highest BCUT2D eigenvalue weighted by Gasteiger charge is 2.10. The second-order valence-corrected chi connectivity index (χ2v) is 6.07. The Kier molecular flexibility index (Phi) is 3.93. The third-order valence-corrected chi connectivity index (χ3v) is 3.08. The van der Waals surface area contributed by atoms with Crippen LogP contribution in [0.5, 0.6) is 0 Å². The van der Waals surface area contributed by atoms with Gasteiger partial charge in [0.2, 0.25) is 0 Å². The number of hydrogen-bond acceptors (Lipinski definition) is 4. The normalized spacial score (nSPS) is 14.1. The molecule has 0 bridgehead atoms. The number of nitrogens with one attached hydrogen (secondary N) is 1. The zero-order valence-corrected chi connectivity index (χ0v) is 10.1. The number of sulfone groups is 1. The predicted molar refractivity (Wildman–Crippen MR) is 59.5 cm³/mol. The Morgan fingerprint density at radius 2 is 2.13 bits per heavy atom. The Morgan fingerprint density at radius 3 is 2.60 bits per heavy atom. The molecule has 0 spiro atoms. The number of aryl methyl sites for hydroxylation is 1. The first-order valence-electron chi connectivity index (χ1n) is 4.83. The van der Waals surface area contributed by atoms with Crippen molar-refractivity contribution < 1.29 is 12.8 Å². The molecule has 1 aromatic heterocycles. The van der Waals surface area contributed by atoms with Crippen LogP contribution in [0.2, 0.25) is 0 Å². The van der Waals surface area contributed by atoms with Gasteiger partial charge in [-0.15, -0.1) is 0 Å². The van der Waals surface area contributed by atoms with Gasteiger partial charge in [-0.3, -0.25) is 0 Å². The molecular formula is C10H17NO3S. The van der Waals surface area contributed by atoms with Crippen molar-refractivity contribution in [2.24, 2.45) is 0 Å². The summed E-state index contributed by atoms with van der Waals surface area (Å²) in [6, 6.07) is 3.71. The van der Waals surface area contributed by atoms with Crippen molar-refractivity contribution in [2.45, 2.75) is 26.4 Å². The van der Waals surface area contributed by atoms with Gasteiger partial charge in [0.05, 0.1) is 12.3 Å². The lowest BCUT2D eigenvalue weighted by molar-refractivity contribution is 0.447. The molecule has 1 N–H and O–H groups in total. The van der Waals surface area contributed by atoms with E-state index in [0.29, 0.717) is 6.54 Å². The summed E-state index contributed by atoms with van der Waals surface area (Å²) >= 11 is 0. The maximum atomic E-state index is 11.0. The average molecular weight is 231 g/mol. The highest BCUT2D eigenvalue weighted by Crippen LogP contribution is 2.05. The van der Waals surface area contributed by atoms with E-state index in [1.165, 1.54) is 6.26 Å². The molecule has 1 aromatic rings. The largest absolute Gasteiger partial charge is 0.465 e. The van der Waals surface area contributed by atoms with Crippen molar-refractivity contribution in [3.8, 4) is 0 Å². The smallest absolute Gasteiger partial charge is 0.148 e. The van der Waals surface area contributed by atoms with Crippen molar-refractivity contribution in [3.63, 3.8) is 0 Å². The molecule has 0 aliphatic rings. The van der Waals surface area contributed by atoms with Crippen LogP contribution in [-0.2, 0) is 16.4 Å². The molecule has 0 aromatic carbocycles. The average Bonchev–Trinajstić information content (AvgIpc) is 2.45. The fourth-order valence-corrected chi connectivity index (χ4v) is 2.39. The molecule has 0 saturated carbocycles. The number of rotatable bonds is 5. The van der Waals surface area contributed by atoms with Crippen molar-refractivity contribution in [1.29, 1.82) is 0 Å². The zero-order chi connectivity index (χ0) is 11.5. The molecule has 1 rings (SSSR count). The number of hydrogen-bond donors (Lipinski definition) is 1. The van der Waals surface area contributed by atoms with Crippen molar-refractivity contribution in [3.05, 3.63) is 23.7 Å². The Bertz CT molecular complexity index is 408. The fraction of sp³-hybridized carbons (Fsp3) is 0.600. The van der Waals surface area contributed by atoms with E-state index < -0.39 is 9.84 Å². The Labute approximate surface area is 90.6 Å². The molecule has 0 aliphatic carbocycles. The van der Waals surface area contributed by atoms with E-state index in [0.717, 1.165) is 11.5 Å². The van der Waals surface area contributed by atoms with E-state index in [-0.39, 0.29) is 11.8 Å². The van der Waals surface area contributed by atoms with Gasteiger partial charge in [-0.25, -0.2) is 8.42 Å². The highest BCUT2D eigenvalue weighted by atomic mass is 32.2. The van der Waals surface area contributed by atoms with Gasteiger partial charge in [-0.2, -0.15) is 0 Å². The Morgan fingerprint density at radius 1 is 1.47 bits per heavy atom.